The van der Waals surface area contributed by atoms with Crippen LogP contribution in [0.5, 0.6) is 23.0 Å². The van der Waals surface area contributed by atoms with E-state index in [1.807, 2.05) is 0 Å². The summed E-state index contributed by atoms with van der Waals surface area (Å²) >= 11 is 1.18. The monoisotopic (exact) mass is 590 g/mol. The van der Waals surface area contributed by atoms with E-state index in [9.17, 15) is 14.4 Å². The molecular formula is C31H30N2O8S. The van der Waals surface area contributed by atoms with Gasteiger partial charge in [-0.05, 0) is 48.4 Å². The van der Waals surface area contributed by atoms with Crippen molar-refractivity contribution in [2.75, 3.05) is 27.4 Å². The number of methoxy groups -OCH3 is 2. The van der Waals surface area contributed by atoms with Gasteiger partial charge in [-0.3, -0.25) is 14.2 Å². The fourth-order valence-electron chi connectivity index (χ4n) is 4.40. The Balaban J connectivity index is 1.90. The number of allylic oxidation sites excluding steroid dienone is 1. The van der Waals surface area contributed by atoms with E-state index in [2.05, 4.69) is 18.2 Å². The Hall–Kier alpha value is -4.90. The van der Waals surface area contributed by atoms with Crippen LogP contribution in [0.25, 0.3) is 6.08 Å². The zero-order chi connectivity index (χ0) is 30.4. The molecule has 1 aliphatic heterocycles. The number of rotatable bonds is 11. The fourth-order valence-corrected chi connectivity index (χ4v) is 5.44. The van der Waals surface area contributed by atoms with Gasteiger partial charge in [0.05, 0.1) is 36.1 Å². The average Bonchev–Trinajstić information content (AvgIpc) is 3.28. The van der Waals surface area contributed by atoms with Gasteiger partial charge in [0.1, 0.15) is 13.2 Å². The molecule has 3 aromatic rings. The predicted molar refractivity (Wildman–Crippen MR) is 158 cm³/mol. The first-order valence-corrected chi connectivity index (χ1v) is 13.6. The van der Waals surface area contributed by atoms with Crippen LogP contribution in [0.1, 0.15) is 31.0 Å². The van der Waals surface area contributed by atoms with Crippen molar-refractivity contribution in [3.05, 3.63) is 104 Å². The molecule has 1 aromatic heterocycles. The highest BCUT2D eigenvalue weighted by Crippen LogP contribution is 2.36. The van der Waals surface area contributed by atoms with Crippen molar-refractivity contribution in [2.24, 2.45) is 4.99 Å². The number of hydrogen-bond acceptors (Lipinski definition) is 10. The first kappa shape index (κ1) is 30.1. The van der Waals surface area contributed by atoms with Gasteiger partial charge in [-0.15, -0.1) is 0 Å². The molecular weight excluding hydrogens is 560 g/mol. The molecule has 0 fully saturated rings. The molecule has 11 heteroatoms. The summed E-state index contributed by atoms with van der Waals surface area (Å²) in [6, 6.07) is 9.25. The number of benzene rings is 2. The minimum atomic E-state index is -0.898. The van der Waals surface area contributed by atoms with Gasteiger partial charge < -0.3 is 23.7 Å². The number of carbonyl (C=O) groups is 2. The summed E-state index contributed by atoms with van der Waals surface area (Å²) in [7, 11) is 2.96. The lowest BCUT2D eigenvalue weighted by atomic mass is 9.95. The van der Waals surface area contributed by atoms with Crippen LogP contribution in [0.3, 0.4) is 0 Å². The molecule has 10 nitrogen and oxygen atoms in total. The van der Waals surface area contributed by atoms with Gasteiger partial charge in [0, 0.05) is 6.92 Å². The topological polar surface area (TPSA) is 115 Å². The lowest BCUT2D eigenvalue weighted by Crippen LogP contribution is -2.40. The van der Waals surface area contributed by atoms with Crippen LogP contribution >= 0.6 is 11.3 Å². The summed E-state index contributed by atoms with van der Waals surface area (Å²) in [5.41, 5.74) is 1.45. The zero-order valence-electron chi connectivity index (χ0n) is 23.7. The van der Waals surface area contributed by atoms with Crippen molar-refractivity contribution >= 4 is 29.4 Å². The number of ether oxygens (including phenoxy) is 5. The van der Waals surface area contributed by atoms with E-state index in [0.29, 0.717) is 44.3 Å². The normalized spacial score (nSPS) is 14.4. The molecule has 1 atom stereocenters. The van der Waals surface area contributed by atoms with Crippen LogP contribution in [-0.4, -0.2) is 43.9 Å². The SMILES string of the molecule is C=CCOC(=O)C1=C(C)N=c2s/c(=C\c3ccc(OCC=C)c(OC)c3)c(=O)n2C1c1ccc(OC(C)=O)c(OC)c1. The molecule has 0 bridgehead atoms. The molecule has 0 saturated heterocycles. The van der Waals surface area contributed by atoms with Crippen molar-refractivity contribution in [1.29, 1.82) is 0 Å². The first-order chi connectivity index (χ1) is 20.2. The van der Waals surface area contributed by atoms with E-state index in [-0.39, 0.29) is 29.2 Å². The lowest BCUT2D eigenvalue weighted by molar-refractivity contribution is -0.138. The van der Waals surface area contributed by atoms with Gasteiger partial charge in [0.15, 0.2) is 27.8 Å². The number of nitrogens with zero attached hydrogens (tertiary/aromatic N) is 2. The quantitative estimate of drug-likeness (QED) is 0.190. The summed E-state index contributed by atoms with van der Waals surface area (Å²) in [5, 5.41) is 0. The predicted octanol–water partition coefficient (Wildman–Crippen LogP) is 3.47. The highest BCUT2D eigenvalue weighted by atomic mass is 32.1. The molecule has 0 saturated carbocycles. The molecule has 0 aliphatic carbocycles. The Morgan fingerprint density at radius 1 is 1.00 bits per heavy atom. The zero-order valence-corrected chi connectivity index (χ0v) is 24.5. The summed E-state index contributed by atoms with van der Waals surface area (Å²) in [4.78, 5) is 43.8. The molecule has 0 radical (unpaired) electrons. The maximum absolute atomic E-state index is 13.9. The van der Waals surface area contributed by atoms with E-state index in [4.69, 9.17) is 23.7 Å². The largest absolute Gasteiger partial charge is 0.493 e. The molecule has 0 spiro atoms. The highest BCUT2D eigenvalue weighted by molar-refractivity contribution is 7.07. The van der Waals surface area contributed by atoms with Gasteiger partial charge >= 0.3 is 11.9 Å². The van der Waals surface area contributed by atoms with E-state index < -0.39 is 18.0 Å². The summed E-state index contributed by atoms with van der Waals surface area (Å²) in [6.45, 7) is 10.5. The summed E-state index contributed by atoms with van der Waals surface area (Å²) in [5.74, 6) is 0.338. The molecule has 1 aliphatic rings. The van der Waals surface area contributed by atoms with E-state index in [0.717, 1.165) is 0 Å². The molecule has 2 aromatic carbocycles. The van der Waals surface area contributed by atoms with Crippen LogP contribution in [0.15, 0.2) is 82.8 Å². The van der Waals surface area contributed by atoms with Crippen molar-refractivity contribution in [1.82, 2.24) is 4.57 Å². The van der Waals surface area contributed by atoms with Crippen LogP contribution in [0.2, 0.25) is 0 Å². The second-order valence-corrected chi connectivity index (χ2v) is 9.99. The second kappa shape index (κ2) is 13.2. The minimum absolute atomic E-state index is 0.0180. The van der Waals surface area contributed by atoms with Crippen molar-refractivity contribution < 1.29 is 33.3 Å². The Labute approximate surface area is 246 Å². The van der Waals surface area contributed by atoms with Gasteiger partial charge in [-0.1, -0.05) is 48.8 Å². The Bertz CT molecular complexity index is 1770. The Kier molecular flexibility index (Phi) is 9.43. The van der Waals surface area contributed by atoms with Crippen LogP contribution in [0.4, 0.5) is 0 Å². The van der Waals surface area contributed by atoms with E-state index >= 15 is 0 Å². The van der Waals surface area contributed by atoms with Gasteiger partial charge in [-0.2, -0.15) is 0 Å². The van der Waals surface area contributed by atoms with Crippen LogP contribution < -0.4 is 33.8 Å². The number of esters is 2. The summed E-state index contributed by atoms with van der Waals surface area (Å²) in [6.07, 6.45) is 4.81. The molecule has 42 heavy (non-hydrogen) atoms. The number of carbonyl (C=O) groups excluding carboxylic acids is 2. The average molecular weight is 591 g/mol. The standard InChI is InChI=1S/C31H30N2O8S/c1-7-13-39-22-11-9-20(15-24(22)37-5)16-26-29(35)33-28(21-10-12-23(41-19(4)34)25(17-21)38-6)27(30(36)40-14-8-2)18(3)32-31(33)42-26/h7-12,15-17,28H,1-2,13-14H2,3-6H3/b26-16-. The van der Waals surface area contributed by atoms with Gasteiger partial charge in [-0.25, -0.2) is 9.79 Å². The van der Waals surface area contributed by atoms with E-state index in [1.165, 1.54) is 43.1 Å². The maximum atomic E-state index is 13.9. The van der Waals surface area contributed by atoms with E-state index in [1.54, 1.807) is 55.5 Å². The third-order valence-electron chi connectivity index (χ3n) is 6.17. The highest BCUT2D eigenvalue weighted by Gasteiger charge is 2.34. The molecule has 218 valence electrons. The van der Waals surface area contributed by atoms with Gasteiger partial charge in [0.25, 0.3) is 5.56 Å². The third kappa shape index (κ3) is 6.21. The number of aromatic nitrogens is 1. The smallest absolute Gasteiger partial charge is 0.338 e. The van der Waals surface area contributed by atoms with Crippen molar-refractivity contribution in [2.45, 2.75) is 19.9 Å². The molecule has 4 rings (SSSR count). The Morgan fingerprint density at radius 2 is 1.69 bits per heavy atom. The minimum Gasteiger partial charge on any atom is -0.493 e. The van der Waals surface area contributed by atoms with Crippen LogP contribution in [0, 0.1) is 0 Å². The maximum Gasteiger partial charge on any atom is 0.338 e. The first-order valence-electron chi connectivity index (χ1n) is 12.8. The van der Waals surface area contributed by atoms with Crippen molar-refractivity contribution in [3.8, 4) is 23.0 Å². The molecule has 0 N–H and O–H groups in total. The third-order valence-corrected chi connectivity index (χ3v) is 7.16. The van der Waals surface area contributed by atoms with Crippen molar-refractivity contribution in [3.63, 3.8) is 0 Å². The second-order valence-electron chi connectivity index (χ2n) is 8.98. The number of hydrogen-bond donors (Lipinski definition) is 0. The van der Waals surface area contributed by atoms with Crippen LogP contribution in [-0.2, 0) is 14.3 Å². The summed E-state index contributed by atoms with van der Waals surface area (Å²) < 4.78 is 29.0. The van der Waals surface area contributed by atoms with Gasteiger partial charge in [0.2, 0.25) is 0 Å². The number of fused-ring (bicyclic) bond motifs is 1. The molecule has 2 heterocycles. The number of thiazole rings is 1. The molecule has 0 amide bonds. The molecule has 1 unspecified atom stereocenters. The Morgan fingerprint density at radius 3 is 2.36 bits per heavy atom. The fraction of sp³-hybridized carbons (Fsp3) is 0.226. The lowest BCUT2D eigenvalue weighted by Gasteiger charge is -2.25.